The molecule has 0 fully saturated rings. The van der Waals surface area contributed by atoms with Crippen LogP contribution in [-0.2, 0) is 0 Å². The molecular weight excluding hydrogens is 188 g/mol. The molecule has 0 heterocycles. The van der Waals surface area contributed by atoms with Crippen LogP contribution in [0.5, 0.6) is 0 Å². The number of allylic oxidation sites excluding steroid dienone is 3. The van der Waals surface area contributed by atoms with Gasteiger partial charge >= 0.3 is 0 Å². The van der Waals surface area contributed by atoms with Crippen LogP contribution in [-0.4, -0.2) is 32.4 Å². The highest BCUT2D eigenvalue weighted by Gasteiger charge is 2.10. The maximum Gasteiger partial charge on any atom is 0.168 e. The van der Waals surface area contributed by atoms with E-state index in [0.29, 0.717) is 0 Å². The summed E-state index contributed by atoms with van der Waals surface area (Å²) in [6, 6.07) is 0. The lowest BCUT2D eigenvalue weighted by Gasteiger charge is -2.15. The van der Waals surface area contributed by atoms with Crippen LogP contribution in [0.3, 0.4) is 0 Å². The molecule has 0 radical (unpaired) electrons. The van der Waals surface area contributed by atoms with Gasteiger partial charge in [-0.15, -0.1) is 0 Å². The largest absolute Gasteiger partial charge is 0.314 e. The molecule has 0 rings (SSSR count). The zero-order chi connectivity index (χ0) is 11.1. The first-order valence-corrected chi connectivity index (χ1v) is 4.11. The molecule has 80 valence electrons. The summed E-state index contributed by atoms with van der Waals surface area (Å²) >= 11 is 0. The van der Waals surface area contributed by atoms with E-state index in [4.69, 9.17) is 0 Å². The van der Waals surface area contributed by atoms with Crippen LogP contribution in [0.2, 0.25) is 0 Å². The summed E-state index contributed by atoms with van der Waals surface area (Å²) in [6.07, 6.45) is 2.13. The first kappa shape index (κ1) is 12.8. The van der Waals surface area contributed by atoms with Gasteiger partial charge in [-0.05, 0) is 13.0 Å². The molecule has 5 heteroatoms. The SMILES string of the molecule is C/C=C(F)\C(NN(C)C)=C(\F)C=NC. The van der Waals surface area contributed by atoms with E-state index in [9.17, 15) is 8.78 Å². The summed E-state index contributed by atoms with van der Waals surface area (Å²) in [5, 5.41) is 1.45. The number of nitrogens with zero attached hydrogens (tertiary/aromatic N) is 2. The normalized spacial score (nSPS) is 14.9. The fourth-order valence-corrected chi connectivity index (χ4v) is 0.767. The zero-order valence-electron chi connectivity index (χ0n) is 8.81. The van der Waals surface area contributed by atoms with Crippen molar-refractivity contribution in [1.82, 2.24) is 10.4 Å². The molecule has 0 unspecified atom stereocenters. The second-order valence-corrected chi connectivity index (χ2v) is 2.75. The van der Waals surface area contributed by atoms with Crippen LogP contribution in [0.25, 0.3) is 0 Å². The van der Waals surface area contributed by atoms with Gasteiger partial charge in [0.25, 0.3) is 0 Å². The Kier molecular flexibility index (Phi) is 5.71. The van der Waals surface area contributed by atoms with E-state index < -0.39 is 11.7 Å². The van der Waals surface area contributed by atoms with E-state index in [2.05, 4.69) is 10.4 Å². The average Bonchev–Trinajstić information content (AvgIpc) is 2.13. The van der Waals surface area contributed by atoms with Crippen molar-refractivity contribution in [1.29, 1.82) is 0 Å². The topological polar surface area (TPSA) is 27.6 Å². The van der Waals surface area contributed by atoms with Gasteiger partial charge in [0.15, 0.2) is 5.83 Å². The van der Waals surface area contributed by atoms with Crippen LogP contribution in [0.4, 0.5) is 8.78 Å². The maximum absolute atomic E-state index is 13.2. The summed E-state index contributed by atoms with van der Waals surface area (Å²) in [7, 11) is 4.69. The number of hydrogen-bond acceptors (Lipinski definition) is 3. The highest BCUT2D eigenvalue weighted by atomic mass is 19.1. The summed E-state index contributed by atoms with van der Waals surface area (Å²) in [6.45, 7) is 1.49. The van der Waals surface area contributed by atoms with Crippen molar-refractivity contribution < 1.29 is 8.78 Å². The quantitative estimate of drug-likeness (QED) is 0.428. The molecule has 0 aromatic rings. The van der Waals surface area contributed by atoms with Gasteiger partial charge in [0.1, 0.15) is 11.5 Å². The number of halogens is 2. The fourth-order valence-electron chi connectivity index (χ4n) is 0.767. The van der Waals surface area contributed by atoms with E-state index in [1.54, 1.807) is 14.1 Å². The monoisotopic (exact) mass is 203 g/mol. The molecule has 0 spiro atoms. The number of rotatable bonds is 4. The highest BCUT2D eigenvalue weighted by Crippen LogP contribution is 2.13. The minimum atomic E-state index is -0.739. The van der Waals surface area contributed by atoms with E-state index in [0.717, 1.165) is 6.21 Å². The van der Waals surface area contributed by atoms with Crippen molar-refractivity contribution in [3.63, 3.8) is 0 Å². The molecule has 0 aliphatic rings. The van der Waals surface area contributed by atoms with Crippen molar-refractivity contribution in [3.8, 4) is 0 Å². The standard InChI is InChI=1S/C9H15F2N3/c1-5-7(10)9(13-14(3)4)8(11)6-12-2/h5-6,13H,1-4H3/b7-5+,9-8-,12-6?. The molecule has 3 nitrogen and oxygen atoms in total. The van der Waals surface area contributed by atoms with Gasteiger partial charge in [-0.1, -0.05) is 0 Å². The molecule has 1 N–H and O–H groups in total. The first-order valence-electron chi connectivity index (χ1n) is 4.11. The Morgan fingerprint density at radius 2 is 1.93 bits per heavy atom. The summed E-state index contributed by atoms with van der Waals surface area (Å²) in [5.41, 5.74) is 2.30. The molecule has 0 amide bonds. The van der Waals surface area contributed by atoms with Gasteiger partial charge in [0.05, 0.1) is 6.21 Å². The van der Waals surface area contributed by atoms with Crippen molar-refractivity contribution in [2.45, 2.75) is 6.92 Å². The Labute approximate surface area is 82.8 Å². The molecule has 0 aromatic heterocycles. The van der Waals surface area contributed by atoms with Crippen molar-refractivity contribution in [2.24, 2.45) is 4.99 Å². The highest BCUT2D eigenvalue weighted by molar-refractivity contribution is 5.77. The average molecular weight is 203 g/mol. The van der Waals surface area contributed by atoms with Gasteiger partial charge in [-0.25, -0.2) is 13.8 Å². The minimum Gasteiger partial charge on any atom is -0.314 e. The molecule has 0 aliphatic heterocycles. The number of hydrazine groups is 1. The molecule has 0 aromatic carbocycles. The van der Waals surface area contributed by atoms with Crippen molar-refractivity contribution >= 4 is 6.21 Å². The lowest BCUT2D eigenvalue weighted by Crippen LogP contribution is -2.30. The molecule has 0 saturated heterocycles. The predicted molar refractivity (Wildman–Crippen MR) is 54.2 cm³/mol. The third kappa shape index (κ3) is 4.13. The molecular formula is C9H15F2N3. The lowest BCUT2D eigenvalue weighted by molar-refractivity contribution is 0.318. The Balaban J connectivity index is 4.98. The minimum absolute atomic E-state index is 0.219. The smallest absolute Gasteiger partial charge is 0.168 e. The van der Waals surface area contributed by atoms with E-state index in [-0.39, 0.29) is 5.70 Å². The van der Waals surface area contributed by atoms with Crippen LogP contribution in [0.15, 0.2) is 28.4 Å². The summed E-state index contributed by atoms with van der Waals surface area (Å²) < 4.78 is 26.4. The summed E-state index contributed by atoms with van der Waals surface area (Å²) in [4.78, 5) is 3.47. The molecule has 0 saturated carbocycles. The number of aliphatic imine (C=N–C) groups is 1. The Bertz CT molecular complexity index is 267. The van der Waals surface area contributed by atoms with E-state index in [1.165, 1.54) is 25.1 Å². The number of hydrogen-bond donors (Lipinski definition) is 1. The van der Waals surface area contributed by atoms with Crippen LogP contribution >= 0.6 is 0 Å². The maximum atomic E-state index is 13.2. The Morgan fingerprint density at radius 3 is 2.29 bits per heavy atom. The Hall–Kier alpha value is -1.23. The van der Waals surface area contributed by atoms with Crippen LogP contribution in [0.1, 0.15) is 6.92 Å². The van der Waals surface area contributed by atoms with Gasteiger partial charge in [-0.3, -0.25) is 4.99 Å². The lowest BCUT2D eigenvalue weighted by atomic mass is 10.3. The van der Waals surface area contributed by atoms with Gasteiger partial charge in [0, 0.05) is 21.1 Å². The van der Waals surface area contributed by atoms with Crippen molar-refractivity contribution in [2.75, 3.05) is 21.1 Å². The molecule has 14 heavy (non-hydrogen) atoms. The molecule has 0 bridgehead atoms. The van der Waals surface area contributed by atoms with E-state index >= 15 is 0 Å². The van der Waals surface area contributed by atoms with Gasteiger partial charge < -0.3 is 5.43 Å². The van der Waals surface area contributed by atoms with Crippen LogP contribution in [0, 0.1) is 0 Å². The summed E-state index contributed by atoms with van der Waals surface area (Å²) in [5.74, 6) is -1.40. The van der Waals surface area contributed by atoms with Gasteiger partial charge in [0.2, 0.25) is 0 Å². The Morgan fingerprint density at radius 1 is 1.36 bits per heavy atom. The zero-order valence-corrected chi connectivity index (χ0v) is 8.81. The van der Waals surface area contributed by atoms with Gasteiger partial charge in [-0.2, -0.15) is 0 Å². The van der Waals surface area contributed by atoms with Crippen LogP contribution < -0.4 is 5.43 Å². The van der Waals surface area contributed by atoms with E-state index in [1.807, 2.05) is 0 Å². The predicted octanol–water partition coefficient (Wildman–Crippen LogP) is 1.81. The fraction of sp³-hybridized carbons (Fsp3) is 0.444. The molecule has 0 atom stereocenters. The third-order valence-corrected chi connectivity index (χ3v) is 1.31. The molecule has 0 aliphatic carbocycles. The third-order valence-electron chi connectivity index (χ3n) is 1.31. The second-order valence-electron chi connectivity index (χ2n) is 2.75. The first-order chi connectivity index (χ1) is 6.52. The number of nitrogens with one attached hydrogen (secondary N) is 1. The second kappa shape index (κ2) is 6.26. The van der Waals surface area contributed by atoms with Crippen molar-refractivity contribution in [3.05, 3.63) is 23.4 Å².